The number of hydrogen-bond donors (Lipinski definition) is 2. The van der Waals surface area contributed by atoms with Gasteiger partial charge in [0.1, 0.15) is 5.76 Å². The predicted molar refractivity (Wildman–Crippen MR) is 70.1 cm³/mol. The lowest BCUT2D eigenvalue weighted by Crippen LogP contribution is -2.43. The van der Waals surface area contributed by atoms with Gasteiger partial charge in [0, 0.05) is 32.2 Å². The molecule has 0 unspecified atom stereocenters. The molecule has 1 aromatic heterocycles. The lowest BCUT2D eigenvalue weighted by atomic mass is 10.1. The van der Waals surface area contributed by atoms with Crippen LogP contribution in [0.15, 0.2) is 4.52 Å². The van der Waals surface area contributed by atoms with Crippen molar-refractivity contribution in [1.29, 1.82) is 0 Å². The molecule has 0 saturated heterocycles. The van der Waals surface area contributed by atoms with Crippen molar-refractivity contribution in [3.05, 3.63) is 17.0 Å². The lowest BCUT2D eigenvalue weighted by Gasteiger charge is -2.28. The van der Waals surface area contributed by atoms with Gasteiger partial charge in [-0.25, -0.2) is 4.79 Å². The summed E-state index contributed by atoms with van der Waals surface area (Å²) in [5.41, 5.74) is 0.578. The van der Waals surface area contributed by atoms with Gasteiger partial charge in [0.05, 0.1) is 13.2 Å². The number of thiocarbonyl (C=S) groups is 1. The fourth-order valence-corrected chi connectivity index (χ4v) is 2.18. The number of carboxylic acids is 1. The van der Waals surface area contributed by atoms with E-state index in [2.05, 4.69) is 10.5 Å². The zero-order valence-electron chi connectivity index (χ0n) is 10.5. The van der Waals surface area contributed by atoms with Crippen LogP contribution >= 0.6 is 12.2 Å². The number of aromatic carboxylic acids is 1. The molecule has 1 aliphatic rings. The molecule has 8 heteroatoms. The Morgan fingerprint density at radius 1 is 1.68 bits per heavy atom. The third-order valence-electron chi connectivity index (χ3n) is 2.90. The van der Waals surface area contributed by atoms with Gasteiger partial charge in [-0.3, -0.25) is 0 Å². The maximum absolute atomic E-state index is 11.0. The van der Waals surface area contributed by atoms with Gasteiger partial charge in [0.2, 0.25) is 0 Å². The van der Waals surface area contributed by atoms with E-state index in [9.17, 15) is 4.79 Å². The molecule has 0 fully saturated rings. The number of hydrogen-bond acceptors (Lipinski definition) is 5. The molecule has 0 aliphatic carbocycles. The van der Waals surface area contributed by atoms with Crippen LogP contribution in [-0.2, 0) is 17.7 Å². The summed E-state index contributed by atoms with van der Waals surface area (Å²) >= 11 is 5.26. The normalized spacial score (nSPS) is 14.1. The molecule has 19 heavy (non-hydrogen) atoms. The van der Waals surface area contributed by atoms with Crippen molar-refractivity contribution in [2.45, 2.75) is 13.0 Å². The Bertz CT molecular complexity index is 488. The molecule has 7 nitrogen and oxygen atoms in total. The zero-order chi connectivity index (χ0) is 13.8. The Labute approximate surface area is 115 Å². The molecular formula is C11H15N3O4S. The summed E-state index contributed by atoms with van der Waals surface area (Å²) in [5, 5.41) is 16.2. The van der Waals surface area contributed by atoms with Gasteiger partial charge in [0.25, 0.3) is 0 Å². The summed E-state index contributed by atoms with van der Waals surface area (Å²) in [4.78, 5) is 12.9. The highest BCUT2D eigenvalue weighted by atomic mass is 32.1. The van der Waals surface area contributed by atoms with E-state index in [-0.39, 0.29) is 5.69 Å². The van der Waals surface area contributed by atoms with E-state index >= 15 is 0 Å². The summed E-state index contributed by atoms with van der Waals surface area (Å²) in [6.45, 7) is 2.26. The van der Waals surface area contributed by atoms with E-state index in [1.54, 1.807) is 7.11 Å². The fraction of sp³-hybridized carbons (Fsp3) is 0.545. The molecule has 0 amide bonds. The highest BCUT2D eigenvalue weighted by Crippen LogP contribution is 2.22. The Hall–Kier alpha value is -1.67. The van der Waals surface area contributed by atoms with Crippen LogP contribution in [0.5, 0.6) is 0 Å². The molecule has 2 N–H and O–H groups in total. The molecule has 1 aliphatic heterocycles. The molecular weight excluding hydrogens is 270 g/mol. The number of fused-ring (bicyclic) bond motifs is 1. The maximum Gasteiger partial charge on any atom is 0.358 e. The molecule has 0 bridgehead atoms. The molecule has 2 rings (SSSR count). The van der Waals surface area contributed by atoms with Gasteiger partial charge in [0.15, 0.2) is 10.8 Å². The summed E-state index contributed by atoms with van der Waals surface area (Å²) in [6.07, 6.45) is 0.599. The third kappa shape index (κ3) is 3.02. The molecule has 104 valence electrons. The zero-order valence-corrected chi connectivity index (χ0v) is 11.3. The summed E-state index contributed by atoms with van der Waals surface area (Å²) in [6, 6.07) is 0. The van der Waals surface area contributed by atoms with Crippen molar-refractivity contribution >= 4 is 23.3 Å². The first-order valence-electron chi connectivity index (χ1n) is 5.86. The SMILES string of the molecule is COCCNC(=S)N1CCc2onc(C(=O)O)c2C1. The molecule has 0 saturated carbocycles. The van der Waals surface area contributed by atoms with Gasteiger partial charge < -0.3 is 24.6 Å². The number of ether oxygens (including phenoxy) is 1. The minimum absolute atomic E-state index is 0.0283. The van der Waals surface area contributed by atoms with Gasteiger partial charge in [-0.05, 0) is 12.2 Å². The van der Waals surface area contributed by atoms with Crippen LogP contribution in [0.3, 0.4) is 0 Å². The minimum Gasteiger partial charge on any atom is -0.476 e. The van der Waals surface area contributed by atoms with Crippen LogP contribution < -0.4 is 5.32 Å². The Morgan fingerprint density at radius 2 is 2.47 bits per heavy atom. The number of rotatable bonds is 4. The predicted octanol–water partition coefficient (Wildman–Crippen LogP) is 0.252. The van der Waals surface area contributed by atoms with Crippen LogP contribution in [0.4, 0.5) is 0 Å². The quantitative estimate of drug-likeness (QED) is 0.601. The number of carboxylic acid groups (broad SMARTS) is 1. The highest BCUT2D eigenvalue weighted by Gasteiger charge is 2.28. The van der Waals surface area contributed by atoms with Crippen molar-refractivity contribution in [3.8, 4) is 0 Å². The van der Waals surface area contributed by atoms with E-state index in [1.807, 2.05) is 4.90 Å². The number of aromatic nitrogens is 1. The smallest absolute Gasteiger partial charge is 0.358 e. The molecule has 0 radical (unpaired) electrons. The average molecular weight is 285 g/mol. The van der Waals surface area contributed by atoms with Gasteiger partial charge >= 0.3 is 5.97 Å². The van der Waals surface area contributed by atoms with Crippen LogP contribution in [0, 0.1) is 0 Å². The van der Waals surface area contributed by atoms with E-state index in [1.165, 1.54) is 0 Å². The van der Waals surface area contributed by atoms with E-state index in [0.29, 0.717) is 49.1 Å². The average Bonchev–Trinajstić information content (AvgIpc) is 2.81. The summed E-state index contributed by atoms with van der Waals surface area (Å²) in [5.74, 6) is -0.446. The van der Waals surface area contributed by atoms with Crippen molar-refractivity contribution in [1.82, 2.24) is 15.4 Å². The second-order valence-corrected chi connectivity index (χ2v) is 4.52. The van der Waals surface area contributed by atoms with Crippen molar-refractivity contribution < 1.29 is 19.2 Å². The first-order chi connectivity index (χ1) is 9.13. The molecule has 0 aromatic carbocycles. The lowest BCUT2D eigenvalue weighted by molar-refractivity contribution is 0.0684. The van der Waals surface area contributed by atoms with E-state index in [4.69, 9.17) is 26.6 Å². The van der Waals surface area contributed by atoms with Crippen molar-refractivity contribution in [2.24, 2.45) is 0 Å². The second kappa shape index (κ2) is 5.98. The molecule has 0 spiro atoms. The summed E-state index contributed by atoms with van der Waals surface area (Å²) in [7, 11) is 1.62. The number of carbonyl (C=O) groups is 1. The first-order valence-corrected chi connectivity index (χ1v) is 6.26. The Kier molecular flexibility index (Phi) is 4.33. The van der Waals surface area contributed by atoms with Gasteiger partial charge in [-0.15, -0.1) is 0 Å². The molecule has 1 aromatic rings. The molecule has 2 heterocycles. The fourth-order valence-electron chi connectivity index (χ4n) is 1.92. The third-order valence-corrected chi connectivity index (χ3v) is 3.30. The van der Waals surface area contributed by atoms with Gasteiger partial charge in [-0.2, -0.15) is 0 Å². The summed E-state index contributed by atoms with van der Waals surface area (Å²) < 4.78 is 9.96. The maximum atomic E-state index is 11.0. The minimum atomic E-state index is -1.08. The largest absolute Gasteiger partial charge is 0.476 e. The van der Waals surface area contributed by atoms with Crippen LogP contribution in [-0.4, -0.2) is 53.1 Å². The van der Waals surface area contributed by atoms with E-state index < -0.39 is 5.97 Å². The number of nitrogens with zero attached hydrogens (tertiary/aromatic N) is 2. The topological polar surface area (TPSA) is 87.8 Å². The Balaban J connectivity index is 2.02. The van der Waals surface area contributed by atoms with E-state index in [0.717, 1.165) is 0 Å². The molecule has 0 atom stereocenters. The van der Waals surface area contributed by atoms with Crippen LogP contribution in [0.1, 0.15) is 21.8 Å². The van der Waals surface area contributed by atoms with Crippen LogP contribution in [0.2, 0.25) is 0 Å². The second-order valence-electron chi connectivity index (χ2n) is 4.13. The van der Waals surface area contributed by atoms with Gasteiger partial charge in [-0.1, -0.05) is 5.16 Å². The van der Waals surface area contributed by atoms with Crippen molar-refractivity contribution in [3.63, 3.8) is 0 Å². The number of methoxy groups -OCH3 is 1. The van der Waals surface area contributed by atoms with Crippen molar-refractivity contribution in [2.75, 3.05) is 26.8 Å². The van der Waals surface area contributed by atoms with Crippen LogP contribution in [0.25, 0.3) is 0 Å². The highest BCUT2D eigenvalue weighted by molar-refractivity contribution is 7.80. The monoisotopic (exact) mass is 285 g/mol. The Morgan fingerprint density at radius 3 is 3.16 bits per heavy atom. The first kappa shape index (κ1) is 13.8. The number of nitrogens with one attached hydrogen (secondary N) is 1. The standard InChI is InChI=1S/C11H15N3O4S/c1-17-5-3-12-11(19)14-4-2-8-7(6-14)9(10(15)16)13-18-8/h2-6H2,1H3,(H,12,19)(H,15,16).